The van der Waals surface area contributed by atoms with Gasteiger partial charge in [-0.2, -0.15) is 0 Å². The van der Waals surface area contributed by atoms with Gasteiger partial charge in [0.2, 0.25) is 5.88 Å². The van der Waals surface area contributed by atoms with Gasteiger partial charge in [-0.3, -0.25) is 4.99 Å². The second-order valence-corrected chi connectivity index (χ2v) is 7.03. The van der Waals surface area contributed by atoms with Crippen LogP contribution in [0.1, 0.15) is 22.6 Å². The van der Waals surface area contributed by atoms with Crippen molar-refractivity contribution in [1.82, 2.24) is 15.6 Å². The van der Waals surface area contributed by atoms with E-state index < -0.39 is 0 Å². The Morgan fingerprint density at radius 3 is 2.09 bits per heavy atom. The van der Waals surface area contributed by atoms with Gasteiger partial charge in [0.15, 0.2) is 5.96 Å². The summed E-state index contributed by atoms with van der Waals surface area (Å²) in [5, 5.41) is 6.82. The molecule has 0 spiro atoms. The lowest BCUT2D eigenvalue weighted by Crippen LogP contribution is -2.39. The van der Waals surface area contributed by atoms with Gasteiger partial charge in [0.25, 0.3) is 0 Å². The molecule has 1 aromatic heterocycles. The maximum Gasteiger partial charge on any atom is 0.213 e. The van der Waals surface area contributed by atoms with E-state index in [2.05, 4.69) is 69.1 Å². The first-order valence-corrected chi connectivity index (χ1v) is 10.4. The van der Waals surface area contributed by atoms with Crippen LogP contribution in [0.3, 0.4) is 0 Å². The molecule has 170 valence electrons. The minimum absolute atomic E-state index is 0. The molecule has 6 nitrogen and oxygen atoms in total. The van der Waals surface area contributed by atoms with E-state index in [1.807, 2.05) is 24.3 Å². The van der Waals surface area contributed by atoms with E-state index in [0.29, 0.717) is 25.6 Å². The molecule has 2 N–H and O–H groups in total. The number of aliphatic imine (C=N–C) groups is 1. The molecular formula is C25H31IN4O2. The van der Waals surface area contributed by atoms with E-state index in [0.717, 1.165) is 18.1 Å². The van der Waals surface area contributed by atoms with E-state index in [4.69, 9.17) is 9.47 Å². The molecule has 3 aromatic rings. The summed E-state index contributed by atoms with van der Waals surface area (Å²) < 4.78 is 10.5. The minimum Gasteiger partial charge on any atom is -0.475 e. The molecule has 0 unspecified atom stereocenters. The van der Waals surface area contributed by atoms with E-state index in [-0.39, 0.29) is 29.9 Å². The Bertz CT molecular complexity index is 882. The molecule has 0 aliphatic rings. The second-order valence-electron chi connectivity index (χ2n) is 7.03. The molecule has 2 aromatic carbocycles. The van der Waals surface area contributed by atoms with Crippen molar-refractivity contribution in [3.63, 3.8) is 0 Å². The summed E-state index contributed by atoms with van der Waals surface area (Å²) in [5.74, 6) is 1.57. The molecule has 0 bridgehead atoms. The molecule has 0 saturated carbocycles. The zero-order valence-corrected chi connectivity index (χ0v) is 20.9. The first-order chi connectivity index (χ1) is 15.3. The number of benzene rings is 2. The van der Waals surface area contributed by atoms with Gasteiger partial charge in [-0.1, -0.05) is 66.7 Å². The predicted octanol–water partition coefficient (Wildman–Crippen LogP) is 4.22. The topological polar surface area (TPSA) is 67.8 Å². The molecule has 0 atom stereocenters. The molecule has 0 fully saturated rings. The van der Waals surface area contributed by atoms with Crippen LogP contribution < -0.4 is 15.4 Å². The number of nitrogens with one attached hydrogen (secondary N) is 2. The first kappa shape index (κ1) is 25.6. The Kier molecular flexibility index (Phi) is 11.5. The third kappa shape index (κ3) is 8.12. The number of hydrogen-bond acceptors (Lipinski definition) is 4. The van der Waals surface area contributed by atoms with Gasteiger partial charge >= 0.3 is 0 Å². The molecule has 1 heterocycles. The van der Waals surface area contributed by atoms with Crippen LogP contribution in [0.4, 0.5) is 0 Å². The van der Waals surface area contributed by atoms with Gasteiger partial charge in [-0.05, 0) is 16.7 Å². The van der Waals surface area contributed by atoms with Crippen LogP contribution in [0.15, 0.2) is 84.0 Å². The molecule has 32 heavy (non-hydrogen) atoms. The summed E-state index contributed by atoms with van der Waals surface area (Å²) in [5.41, 5.74) is 3.58. The largest absolute Gasteiger partial charge is 0.475 e. The van der Waals surface area contributed by atoms with E-state index in [9.17, 15) is 0 Å². The fourth-order valence-corrected chi connectivity index (χ4v) is 3.23. The maximum atomic E-state index is 5.50. The van der Waals surface area contributed by atoms with Crippen molar-refractivity contribution in [2.24, 2.45) is 4.99 Å². The smallest absolute Gasteiger partial charge is 0.213 e. The zero-order valence-electron chi connectivity index (χ0n) is 18.5. The summed E-state index contributed by atoms with van der Waals surface area (Å²) in [4.78, 5) is 8.70. The lowest BCUT2D eigenvalue weighted by atomic mass is 9.91. The summed E-state index contributed by atoms with van der Waals surface area (Å²) in [6.45, 7) is 2.38. The molecule has 7 heteroatoms. The summed E-state index contributed by atoms with van der Waals surface area (Å²) in [6.07, 6.45) is 1.80. The lowest BCUT2D eigenvalue weighted by molar-refractivity contribution is 0.143. The predicted molar refractivity (Wildman–Crippen MR) is 140 cm³/mol. The van der Waals surface area contributed by atoms with Crippen molar-refractivity contribution in [3.05, 3.63) is 95.7 Å². The highest BCUT2D eigenvalue weighted by molar-refractivity contribution is 14.0. The Morgan fingerprint density at radius 2 is 1.56 bits per heavy atom. The highest BCUT2D eigenvalue weighted by Crippen LogP contribution is 2.23. The number of ether oxygens (including phenoxy) is 2. The van der Waals surface area contributed by atoms with Crippen molar-refractivity contribution in [3.8, 4) is 5.88 Å². The molecule has 0 amide bonds. The van der Waals surface area contributed by atoms with Gasteiger partial charge in [0.05, 0.1) is 6.61 Å². The third-order valence-electron chi connectivity index (χ3n) is 4.90. The normalized spacial score (nSPS) is 11.0. The number of guanidine groups is 1. The van der Waals surface area contributed by atoms with Crippen LogP contribution in [0.2, 0.25) is 0 Å². The van der Waals surface area contributed by atoms with E-state index in [1.165, 1.54) is 11.1 Å². The maximum absolute atomic E-state index is 5.50. The SMILES string of the molecule is CN=C(NCc1ccc(OCCOC)nc1)NCC(c1ccccc1)c1ccccc1.I. The number of rotatable bonds is 10. The molecular weight excluding hydrogens is 515 g/mol. The monoisotopic (exact) mass is 546 g/mol. The number of aromatic nitrogens is 1. The van der Waals surface area contributed by atoms with Gasteiger partial charge in [-0.25, -0.2) is 4.98 Å². The molecule has 0 aliphatic heterocycles. The molecule has 0 radical (unpaired) electrons. The van der Waals surface area contributed by atoms with Crippen LogP contribution >= 0.6 is 24.0 Å². The van der Waals surface area contributed by atoms with Crippen molar-refractivity contribution in [2.75, 3.05) is 33.9 Å². The summed E-state index contributed by atoms with van der Waals surface area (Å²) >= 11 is 0. The van der Waals surface area contributed by atoms with E-state index >= 15 is 0 Å². The zero-order chi connectivity index (χ0) is 21.7. The van der Waals surface area contributed by atoms with Crippen LogP contribution in [0.5, 0.6) is 5.88 Å². The van der Waals surface area contributed by atoms with Crippen molar-refractivity contribution < 1.29 is 9.47 Å². The minimum atomic E-state index is 0. The van der Waals surface area contributed by atoms with Crippen LogP contribution in [-0.2, 0) is 11.3 Å². The highest BCUT2D eigenvalue weighted by atomic mass is 127. The number of halogens is 1. The number of nitrogens with zero attached hydrogens (tertiary/aromatic N) is 2. The van der Waals surface area contributed by atoms with Gasteiger partial charge in [-0.15, -0.1) is 24.0 Å². The van der Waals surface area contributed by atoms with Crippen LogP contribution in [0, 0.1) is 0 Å². The average Bonchev–Trinajstić information content (AvgIpc) is 2.83. The molecule has 0 saturated heterocycles. The number of hydrogen-bond donors (Lipinski definition) is 2. The van der Waals surface area contributed by atoms with Crippen molar-refractivity contribution in [1.29, 1.82) is 0 Å². The Labute approximate surface area is 207 Å². The quantitative estimate of drug-likeness (QED) is 0.173. The first-order valence-electron chi connectivity index (χ1n) is 10.4. The van der Waals surface area contributed by atoms with Crippen LogP contribution in [-0.4, -0.2) is 44.9 Å². The van der Waals surface area contributed by atoms with E-state index in [1.54, 1.807) is 20.4 Å². The fourth-order valence-electron chi connectivity index (χ4n) is 3.23. The highest BCUT2D eigenvalue weighted by Gasteiger charge is 2.14. The van der Waals surface area contributed by atoms with Gasteiger partial charge in [0, 0.05) is 45.4 Å². The molecule has 0 aliphatic carbocycles. The number of methoxy groups -OCH3 is 1. The van der Waals surface area contributed by atoms with Crippen molar-refractivity contribution >= 4 is 29.9 Å². The second kappa shape index (κ2) is 14.4. The van der Waals surface area contributed by atoms with Crippen LogP contribution in [0.25, 0.3) is 0 Å². The Morgan fingerprint density at radius 1 is 0.906 bits per heavy atom. The number of pyridine rings is 1. The van der Waals surface area contributed by atoms with Gasteiger partial charge in [0.1, 0.15) is 6.61 Å². The lowest BCUT2D eigenvalue weighted by Gasteiger charge is -2.20. The fraction of sp³-hybridized carbons (Fsp3) is 0.280. The molecule has 3 rings (SSSR count). The standard InChI is InChI=1S/C25H30N4O2.HI/c1-26-25(28-18-20-13-14-24(27-17-20)31-16-15-30-2)29-19-23(21-9-5-3-6-10-21)22-11-7-4-8-12-22;/h3-14,17,23H,15-16,18-19H2,1-2H3,(H2,26,28,29);1H. The van der Waals surface area contributed by atoms with Gasteiger partial charge < -0.3 is 20.1 Å². The summed E-state index contributed by atoms with van der Waals surface area (Å²) in [6, 6.07) is 24.9. The summed E-state index contributed by atoms with van der Waals surface area (Å²) in [7, 11) is 3.43. The third-order valence-corrected chi connectivity index (χ3v) is 4.90. The Balaban J connectivity index is 0.00000363. The van der Waals surface area contributed by atoms with Crippen molar-refractivity contribution in [2.45, 2.75) is 12.5 Å². The Hall–Kier alpha value is -2.65. The average molecular weight is 546 g/mol.